The number of aliphatic hydroxyl groups excluding tert-OH is 1. The summed E-state index contributed by atoms with van der Waals surface area (Å²) in [6.45, 7) is 11.1. The molecule has 10 rings (SSSR count). The molecule has 0 saturated carbocycles. The summed E-state index contributed by atoms with van der Waals surface area (Å²) in [6, 6.07) is 8.60. The summed E-state index contributed by atoms with van der Waals surface area (Å²) in [5.74, 6) is 1.04. The molecule has 0 bridgehead atoms. The van der Waals surface area contributed by atoms with Gasteiger partial charge < -0.3 is 30.1 Å². The third kappa shape index (κ3) is 13.9. The van der Waals surface area contributed by atoms with Crippen molar-refractivity contribution in [3.8, 4) is 28.1 Å². The molecule has 0 spiro atoms. The Bertz CT molecular complexity index is 3660. The van der Waals surface area contributed by atoms with Crippen molar-refractivity contribution in [1.82, 2.24) is 40.2 Å². The number of hydrogen-bond acceptors (Lipinski definition) is 22. The fourth-order valence-electron chi connectivity index (χ4n) is 7.84. The molecular formula is C48H57F2N10NaO10S5. The number of ether oxygens (including phenoxy) is 1. The first-order valence-electron chi connectivity index (χ1n) is 23.1. The van der Waals surface area contributed by atoms with Gasteiger partial charge in [-0.1, -0.05) is 57.6 Å². The molecule has 76 heavy (non-hydrogen) atoms. The Labute approximate surface area is 470 Å². The zero-order chi connectivity index (χ0) is 53.3. The number of thiophene rings is 2. The van der Waals surface area contributed by atoms with Crippen LogP contribution in [0.5, 0.6) is 5.88 Å². The molecule has 0 amide bonds. The van der Waals surface area contributed by atoms with Crippen LogP contribution in [0.1, 0.15) is 85.7 Å². The van der Waals surface area contributed by atoms with Crippen LogP contribution in [0, 0.1) is 11.6 Å². The van der Waals surface area contributed by atoms with Crippen molar-refractivity contribution >= 4 is 84.6 Å². The molecule has 6 aromatic heterocycles. The Kier molecular flexibility index (Phi) is 19.5. The van der Waals surface area contributed by atoms with Gasteiger partial charge in [-0.05, 0) is 37.1 Å². The van der Waals surface area contributed by atoms with Crippen molar-refractivity contribution in [3.63, 3.8) is 0 Å². The average molecular weight is 1160 g/mol. The van der Waals surface area contributed by atoms with Gasteiger partial charge in [-0.25, -0.2) is 54.0 Å². The molecule has 2 aliphatic rings. The second kappa shape index (κ2) is 24.7. The van der Waals surface area contributed by atoms with E-state index in [1.807, 2.05) is 32.6 Å². The van der Waals surface area contributed by atoms with Gasteiger partial charge in [0.15, 0.2) is 46.2 Å². The summed E-state index contributed by atoms with van der Waals surface area (Å²) in [7, 11) is -10.6. The van der Waals surface area contributed by atoms with Crippen LogP contribution < -0.4 is 44.1 Å². The maximum Gasteiger partial charge on any atom is 1.00 e. The van der Waals surface area contributed by atoms with Crippen LogP contribution in [-0.4, -0.2) is 128 Å². The largest absolute Gasteiger partial charge is 1.00 e. The maximum absolute atomic E-state index is 14.8. The fourth-order valence-corrected chi connectivity index (χ4v) is 12.2. The molecule has 0 radical (unpaired) electrons. The molecule has 28 heteroatoms. The number of aliphatic hydroxyl groups is 1. The molecule has 0 unspecified atom stereocenters. The quantitative estimate of drug-likeness (QED) is 0.121. The monoisotopic (exact) mass is 1150 g/mol. The third-order valence-corrected chi connectivity index (χ3v) is 17.2. The Morgan fingerprint density at radius 3 is 1.50 bits per heavy atom. The number of rotatable bonds is 11. The fraction of sp³-hybridized carbons (Fsp3) is 0.417. The molecule has 2 fully saturated rings. The first-order valence-corrected chi connectivity index (χ1v) is 30.6. The molecule has 0 atom stereocenters. The molecule has 8 heterocycles. The van der Waals surface area contributed by atoms with Crippen LogP contribution >= 0.6 is 22.7 Å². The molecule has 20 nitrogen and oxygen atoms in total. The number of hydrogen-bond donors (Lipinski definition) is 1. The predicted molar refractivity (Wildman–Crippen MR) is 283 cm³/mol. The van der Waals surface area contributed by atoms with E-state index in [1.165, 1.54) is 41.9 Å². The van der Waals surface area contributed by atoms with Crippen molar-refractivity contribution < 1.29 is 83.9 Å². The van der Waals surface area contributed by atoms with Crippen LogP contribution in [-0.2, 0) is 29.5 Å². The van der Waals surface area contributed by atoms with E-state index in [0.29, 0.717) is 63.7 Å². The van der Waals surface area contributed by atoms with Gasteiger partial charge in [0.2, 0.25) is 5.88 Å². The van der Waals surface area contributed by atoms with Crippen LogP contribution in [0.3, 0.4) is 0 Å². The van der Waals surface area contributed by atoms with Crippen LogP contribution in [0.25, 0.3) is 42.7 Å². The number of anilines is 2. The van der Waals surface area contributed by atoms with E-state index in [2.05, 4.69) is 45.1 Å². The van der Waals surface area contributed by atoms with Crippen molar-refractivity contribution in [2.45, 2.75) is 99.7 Å². The van der Waals surface area contributed by atoms with Crippen molar-refractivity contribution in [2.75, 3.05) is 54.7 Å². The molecule has 404 valence electrons. The standard InChI is InChI=1S/C23H24FN5O4S2.C14H11FN2O4S3.C10H17N3O2.CH4.Na.H/c1-13(2)21-27-23(33-28-21)29-8-6-14(7-9-29)32-22-20-19(25-12-26-22)17(11-34-20)16-5-4-15(10-18(16)24)35(3,30)31;1-23(18,19)8-3-4-9(11(15)5-8)10-6-22-13-12(10)16-7-17-14(13)24(2,20)21;1-7(2)9-11-10(15-12-9)13-5-3-8(14)4-6-13;;;/h4-5,10-14H,6-9H2,1-3H3;3-7H,1-2H3;7-8,14H,3-6H2,1-2H3;1H4;;/q;;;;+1;-1. The van der Waals surface area contributed by atoms with Gasteiger partial charge >= 0.3 is 41.6 Å². The number of fused-ring (bicyclic) bond motifs is 2. The predicted octanol–water partition coefficient (Wildman–Crippen LogP) is 5.67. The van der Waals surface area contributed by atoms with Crippen LogP contribution in [0.2, 0.25) is 0 Å². The minimum atomic E-state index is -3.55. The van der Waals surface area contributed by atoms with E-state index in [4.69, 9.17) is 13.8 Å². The van der Waals surface area contributed by atoms with Crippen molar-refractivity contribution in [1.29, 1.82) is 0 Å². The van der Waals surface area contributed by atoms with E-state index >= 15 is 0 Å². The normalized spacial score (nSPS) is 14.7. The van der Waals surface area contributed by atoms with E-state index in [0.717, 1.165) is 97.9 Å². The number of piperidine rings is 2. The summed E-state index contributed by atoms with van der Waals surface area (Å²) in [5.41, 5.74) is 2.26. The smallest absolute Gasteiger partial charge is 1.00 e. The SMILES string of the molecule is C.CC(C)c1noc(N2CCC(O)CC2)n1.CC(C)c1noc(N2CCC(Oc3ncnc4c(-c5ccc(S(C)(=O)=O)cc5F)csc34)CC2)n1.CS(=O)(=O)c1ccc(-c2csc3c(S(C)(=O)=O)ncnc23)c(F)c1.[H-].[Na+]. The summed E-state index contributed by atoms with van der Waals surface area (Å²) >= 11 is 2.46. The summed E-state index contributed by atoms with van der Waals surface area (Å²) in [5, 5.41) is 20.6. The Balaban J connectivity index is 0.000000226. The molecule has 1 N–H and O–H groups in total. The van der Waals surface area contributed by atoms with Gasteiger partial charge in [0.25, 0.3) is 0 Å². The number of halogens is 2. The molecule has 2 saturated heterocycles. The minimum absolute atomic E-state index is 0. The first-order chi connectivity index (χ1) is 35.0. The Morgan fingerprint density at radius 1 is 0.645 bits per heavy atom. The first kappa shape index (κ1) is 60.1. The summed E-state index contributed by atoms with van der Waals surface area (Å²) in [6.07, 6.45) is 8.43. The average Bonchev–Trinajstić information content (AvgIpc) is 4.19. The molecule has 2 aliphatic heterocycles. The number of nitrogens with zero attached hydrogens (tertiary/aromatic N) is 10. The maximum atomic E-state index is 14.8. The van der Waals surface area contributed by atoms with Crippen molar-refractivity contribution in [3.05, 3.63) is 83.1 Å². The van der Waals surface area contributed by atoms with Crippen LogP contribution in [0.15, 0.2) is 83.7 Å². The number of aromatic nitrogens is 8. The Hall–Kier alpha value is -5.13. The zero-order valence-electron chi connectivity index (χ0n) is 43.1. The Morgan fingerprint density at radius 2 is 1.08 bits per heavy atom. The van der Waals surface area contributed by atoms with Gasteiger partial charge in [-0.2, -0.15) is 9.97 Å². The van der Waals surface area contributed by atoms with E-state index in [-0.39, 0.29) is 88.4 Å². The molecule has 2 aromatic carbocycles. The van der Waals surface area contributed by atoms with Crippen molar-refractivity contribution in [2.24, 2.45) is 0 Å². The minimum Gasteiger partial charge on any atom is -1.00 e. The topological polar surface area (TPSA) is 268 Å². The van der Waals surface area contributed by atoms with Gasteiger partial charge in [-0.15, -0.1) is 22.7 Å². The van der Waals surface area contributed by atoms with Gasteiger partial charge in [0.1, 0.15) is 35.1 Å². The third-order valence-electron chi connectivity index (χ3n) is 11.9. The second-order valence-electron chi connectivity index (χ2n) is 18.3. The van der Waals surface area contributed by atoms with Gasteiger partial charge in [0.05, 0.1) is 31.6 Å². The zero-order valence-corrected chi connectivity index (χ0v) is 48.2. The van der Waals surface area contributed by atoms with Gasteiger partial charge in [-0.3, -0.25) is 0 Å². The molecule has 0 aliphatic carbocycles. The second-order valence-corrected chi connectivity index (χ2v) is 26.0. The summed E-state index contributed by atoms with van der Waals surface area (Å²) in [4.78, 5) is 29.2. The number of benzene rings is 2. The van der Waals surface area contributed by atoms with E-state index in [1.54, 1.807) is 10.8 Å². The van der Waals surface area contributed by atoms with Crippen LogP contribution in [0.4, 0.5) is 20.8 Å². The molecule has 8 aromatic rings. The number of sulfone groups is 3. The van der Waals surface area contributed by atoms with Gasteiger partial charge in [0, 0.05) is 103 Å². The van der Waals surface area contributed by atoms with E-state index < -0.39 is 41.1 Å². The summed E-state index contributed by atoms with van der Waals surface area (Å²) < 4.78 is 117. The van der Waals surface area contributed by atoms with E-state index in [9.17, 15) is 39.1 Å². The molecular weight excluding hydrogens is 1100 g/mol.